The molecule has 0 bridgehead atoms. The molecule has 3 N–H and O–H groups in total. The van der Waals surface area contributed by atoms with Gasteiger partial charge in [0.25, 0.3) is 0 Å². The van der Waals surface area contributed by atoms with E-state index in [0.717, 1.165) is 28.3 Å². The SMILES string of the molecule is COc1ccc(C)cc1-c1n[nH]c(C)c1CN. The van der Waals surface area contributed by atoms with Crippen molar-refractivity contribution < 1.29 is 4.74 Å². The Morgan fingerprint density at radius 1 is 1.35 bits per heavy atom. The Morgan fingerprint density at radius 2 is 2.12 bits per heavy atom. The van der Waals surface area contributed by atoms with Crippen LogP contribution >= 0.6 is 0 Å². The average Bonchev–Trinajstić information content (AvgIpc) is 2.70. The molecule has 0 spiro atoms. The van der Waals surface area contributed by atoms with Crippen molar-refractivity contribution in [3.05, 3.63) is 35.0 Å². The fourth-order valence-electron chi connectivity index (χ4n) is 1.93. The molecule has 0 fully saturated rings. The van der Waals surface area contributed by atoms with Crippen molar-refractivity contribution in [2.75, 3.05) is 7.11 Å². The zero-order chi connectivity index (χ0) is 12.4. The van der Waals surface area contributed by atoms with Crippen LogP contribution in [0.1, 0.15) is 16.8 Å². The summed E-state index contributed by atoms with van der Waals surface area (Å²) in [5.74, 6) is 0.816. The van der Waals surface area contributed by atoms with Gasteiger partial charge in [-0.15, -0.1) is 0 Å². The van der Waals surface area contributed by atoms with Crippen molar-refractivity contribution in [3.63, 3.8) is 0 Å². The third kappa shape index (κ3) is 2.03. The number of hydrogen-bond donors (Lipinski definition) is 2. The first-order chi connectivity index (χ1) is 8.17. The zero-order valence-corrected chi connectivity index (χ0v) is 10.4. The van der Waals surface area contributed by atoms with Crippen molar-refractivity contribution in [1.82, 2.24) is 10.2 Å². The highest BCUT2D eigenvalue weighted by Gasteiger charge is 2.14. The second-order valence-electron chi connectivity index (χ2n) is 4.08. The van der Waals surface area contributed by atoms with Crippen LogP contribution in [0.15, 0.2) is 18.2 Å². The van der Waals surface area contributed by atoms with Crippen LogP contribution in [0.25, 0.3) is 11.3 Å². The molecule has 4 nitrogen and oxygen atoms in total. The summed E-state index contributed by atoms with van der Waals surface area (Å²) in [6.45, 7) is 4.49. The lowest BCUT2D eigenvalue weighted by Gasteiger charge is -2.08. The van der Waals surface area contributed by atoms with Gasteiger partial charge in [0.2, 0.25) is 0 Å². The monoisotopic (exact) mass is 231 g/mol. The first kappa shape index (κ1) is 11.7. The molecule has 4 heteroatoms. The topological polar surface area (TPSA) is 63.9 Å². The predicted octanol–water partition coefficient (Wildman–Crippen LogP) is 2.16. The van der Waals surface area contributed by atoms with Gasteiger partial charge in [-0.2, -0.15) is 5.10 Å². The van der Waals surface area contributed by atoms with E-state index in [-0.39, 0.29) is 0 Å². The summed E-state index contributed by atoms with van der Waals surface area (Å²) >= 11 is 0. The second kappa shape index (κ2) is 4.59. The molecule has 17 heavy (non-hydrogen) atoms. The number of aromatic amines is 1. The Hall–Kier alpha value is -1.81. The van der Waals surface area contributed by atoms with Gasteiger partial charge in [0.15, 0.2) is 0 Å². The number of nitrogens with two attached hydrogens (primary N) is 1. The molecule has 0 aliphatic heterocycles. The summed E-state index contributed by atoms with van der Waals surface area (Å²) < 4.78 is 5.37. The average molecular weight is 231 g/mol. The van der Waals surface area contributed by atoms with Crippen LogP contribution in [0.4, 0.5) is 0 Å². The number of aromatic nitrogens is 2. The molecule has 0 radical (unpaired) electrons. The van der Waals surface area contributed by atoms with Crippen molar-refractivity contribution in [2.24, 2.45) is 5.73 Å². The van der Waals surface area contributed by atoms with Crippen LogP contribution in [0.3, 0.4) is 0 Å². The highest BCUT2D eigenvalue weighted by Crippen LogP contribution is 2.32. The van der Waals surface area contributed by atoms with E-state index in [4.69, 9.17) is 10.5 Å². The van der Waals surface area contributed by atoms with Crippen molar-refractivity contribution >= 4 is 0 Å². The van der Waals surface area contributed by atoms with Gasteiger partial charge < -0.3 is 10.5 Å². The molecule has 0 saturated heterocycles. The molecule has 2 aromatic rings. The molecular weight excluding hydrogens is 214 g/mol. The van der Waals surface area contributed by atoms with Gasteiger partial charge in [-0.1, -0.05) is 11.6 Å². The zero-order valence-electron chi connectivity index (χ0n) is 10.4. The van der Waals surface area contributed by atoms with Gasteiger partial charge in [-0.3, -0.25) is 5.10 Å². The Kier molecular flexibility index (Phi) is 3.15. The minimum absolute atomic E-state index is 0.467. The molecule has 0 amide bonds. The van der Waals surface area contributed by atoms with Crippen LogP contribution in [-0.4, -0.2) is 17.3 Å². The van der Waals surface area contributed by atoms with E-state index in [2.05, 4.69) is 16.3 Å². The van der Waals surface area contributed by atoms with E-state index in [1.54, 1.807) is 7.11 Å². The van der Waals surface area contributed by atoms with Gasteiger partial charge in [0.1, 0.15) is 11.4 Å². The Bertz CT molecular complexity index is 531. The first-order valence-corrected chi connectivity index (χ1v) is 5.56. The van der Waals surface area contributed by atoms with Crippen molar-refractivity contribution in [1.29, 1.82) is 0 Å². The normalized spacial score (nSPS) is 10.6. The Labute approximate surface area is 101 Å². The number of benzene rings is 1. The van der Waals surface area contributed by atoms with Crippen molar-refractivity contribution in [3.8, 4) is 17.0 Å². The lowest BCUT2D eigenvalue weighted by Crippen LogP contribution is -2.00. The fourth-order valence-corrected chi connectivity index (χ4v) is 1.93. The first-order valence-electron chi connectivity index (χ1n) is 5.56. The van der Waals surface area contributed by atoms with Crippen LogP contribution in [-0.2, 0) is 6.54 Å². The molecule has 0 aliphatic carbocycles. The largest absolute Gasteiger partial charge is 0.496 e. The maximum Gasteiger partial charge on any atom is 0.128 e. The second-order valence-corrected chi connectivity index (χ2v) is 4.08. The summed E-state index contributed by atoms with van der Waals surface area (Å²) in [6.07, 6.45) is 0. The highest BCUT2D eigenvalue weighted by molar-refractivity contribution is 5.71. The minimum atomic E-state index is 0.467. The van der Waals surface area contributed by atoms with Crippen LogP contribution in [0.2, 0.25) is 0 Å². The summed E-state index contributed by atoms with van der Waals surface area (Å²) in [4.78, 5) is 0. The number of ether oxygens (including phenoxy) is 1. The quantitative estimate of drug-likeness (QED) is 0.850. The highest BCUT2D eigenvalue weighted by atomic mass is 16.5. The number of H-pyrrole nitrogens is 1. The van der Waals surface area contributed by atoms with E-state index >= 15 is 0 Å². The lowest BCUT2D eigenvalue weighted by molar-refractivity contribution is 0.416. The summed E-state index contributed by atoms with van der Waals surface area (Å²) in [5.41, 5.74) is 10.8. The molecule has 0 unspecified atom stereocenters. The van der Waals surface area contributed by atoms with Gasteiger partial charge in [0.05, 0.1) is 7.11 Å². The van der Waals surface area contributed by atoms with E-state index in [9.17, 15) is 0 Å². The van der Waals surface area contributed by atoms with Crippen LogP contribution in [0.5, 0.6) is 5.75 Å². The van der Waals surface area contributed by atoms with E-state index in [1.165, 1.54) is 5.56 Å². The van der Waals surface area contributed by atoms with Crippen LogP contribution in [0, 0.1) is 13.8 Å². The molecule has 1 aromatic heterocycles. The minimum Gasteiger partial charge on any atom is -0.496 e. The molecule has 0 aliphatic rings. The molecule has 1 heterocycles. The number of nitrogens with one attached hydrogen (secondary N) is 1. The van der Waals surface area contributed by atoms with Gasteiger partial charge in [-0.25, -0.2) is 0 Å². The number of aryl methyl sites for hydroxylation is 2. The maximum absolute atomic E-state index is 5.76. The Balaban J connectivity index is 2.62. The predicted molar refractivity (Wildman–Crippen MR) is 67.9 cm³/mol. The summed E-state index contributed by atoms with van der Waals surface area (Å²) in [7, 11) is 1.66. The number of rotatable bonds is 3. The summed E-state index contributed by atoms with van der Waals surface area (Å²) in [5, 5.41) is 7.29. The van der Waals surface area contributed by atoms with Crippen LogP contribution < -0.4 is 10.5 Å². The molecule has 0 saturated carbocycles. The van der Waals surface area contributed by atoms with Gasteiger partial charge in [0, 0.05) is 23.4 Å². The molecule has 1 aromatic carbocycles. The maximum atomic E-state index is 5.76. The van der Waals surface area contributed by atoms with E-state index in [1.807, 2.05) is 26.0 Å². The lowest BCUT2D eigenvalue weighted by atomic mass is 10.0. The molecule has 0 atom stereocenters. The van der Waals surface area contributed by atoms with Gasteiger partial charge >= 0.3 is 0 Å². The third-order valence-electron chi connectivity index (χ3n) is 2.89. The number of nitrogens with zero attached hydrogens (tertiary/aromatic N) is 1. The van der Waals surface area contributed by atoms with E-state index in [0.29, 0.717) is 6.54 Å². The van der Waals surface area contributed by atoms with Crippen molar-refractivity contribution in [2.45, 2.75) is 20.4 Å². The third-order valence-corrected chi connectivity index (χ3v) is 2.89. The number of methoxy groups -OCH3 is 1. The molecular formula is C13H17N3O. The van der Waals surface area contributed by atoms with Gasteiger partial charge in [-0.05, 0) is 26.0 Å². The number of hydrogen-bond acceptors (Lipinski definition) is 3. The van der Waals surface area contributed by atoms with E-state index < -0.39 is 0 Å². The fraction of sp³-hybridized carbons (Fsp3) is 0.308. The summed E-state index contributed by atoms with van der Waals surface area (Å²) in [6, 6.07) is 6.03. The molecule has 2 rings (SSSR count). The standard InChI is InChI=1S/C13H17N3O/c1-8-4-5-12(17-3)10(6-8)13-11(7-14)9(2)15-16-13/h4-6H,7,14H2,1-3H3,(H,15,16). The Morgan fingerprint density at radius 3 is 2.76 bits per heavy atom. The molecule has 90 valence electrons. The smallest absolute Gasteiger partial charge is 0.128 e.